The molecule has 1 aromatic carbocycles. The lowest BCUT2D eigenvalue weighted by molar-refractivity contribution is -0.142. The highest BCUT2D eigenvalue weighted by atomic mass is 16.4. The molecule has 2 nitrogen and oxygen atoms in total. The second kappa shape index (κ2) is 3.69. The first-order chi connectivity index (χ1) is 6.78. The molecule has 0 amide bonds. The molecule has 0 aromatic heterocycles. The third-order valence-corrected chi connectivity index (χ3v) is 3.27. The Labute approximate surface area is 90.9 Å². The Morgan fingerprint density at radius 3 is 2.13 bits per heavy atom. The van der Waals surface area contributed by atoms with E-state index in [0.717, 1.165) is 11.1 Å². The summed E-state index contributed by atoms with van der Waals surface area (Å²) in [4.78, 5) is 11.2. The molecule has 0 aliphatic heterocycles. The zero-order valence-corrected chi connectivity index (χ0v) is 10.0. The first kappa shape index (κ1) is 11.8. The zero-order chi connectivity index (χ0) is 11.8. The monoisotopic (exact) mass is 206 g/mol. The first-order valence-electron chi connectivity index (χ1n) is 5.09. The molecule has 0 spiro atoms. The van der Waals surface area contributed by atoms with Gasteiger partial charge in [-0.3, -0.25) is 4.79 Å². The molecule has 1 N–H and O–H groups in total. The summed E-state index contributed by atoms with van der Waals surface area (Å²) in [5.41, 5.74) is 3.56. The summed E-state index contributed by atoms with van der Waals surface area (Å²) in [6.07, 6.45) is 0. The lowest BCUT2D eigenvalue weighted by atomic mass is 9.80. The van der Waals surface area contributed by atoms with E-state index in [0.29, 0.717) is 0 Å². The number of rotatable bonds is 2. The van der Waals surface area contributed by atoms with Crippen molar-refractivity contribution in [3.05, 3.63) is 34.4 Å². The van der Waals surface area contributed by atoms with E-state index in [1.165, 1.54) is 11.1 Å². The molecule has 0 heterocycles. The molecule has 82 valence electrons. The van der Waals surface area contributed by atoms with Crippen LogP contribution in [0, 0.1) is 20.8 Å². The Bertz CT molecular complexity index is 403. The Hall–Kier alpha value is -1.31. The van der Waals surface area contributed by atoms with Crippen LogP contribution in [0.3, 0.4) is 0 Å². The van der Waals surface area contributed by atoms with Crippen molar-refractivity contribution >= 4 is 5.97 Å². The molecular weight excluding hydrogens is 188 g/mol. The summed E-state index contributed by atoms with van der Waals surface area (Å²) in [5, 5.41) is 9.18. The Kier molecular flexibility index (Phi) is 2.89. The summed E-state index contributed by atoms with van der Waals surface area (Å²) < 4.78 is 0. The standard InChI is InChI=1S/C13H18O2/c1-8-6-7-11(10(3)9(8)2)13(4,5)12(14)15/h6-7H,1-5H3,(H,14,15). The molecule has 0 saturated carbocycles. The smallest absolute Gasteiger partial charge is 0.313 e. The minimum Gasteiger partial charge on any atom is -0.481 e. The van der Waals surface area contributed by atoms with Crippen LogP contribution < -0.4 is 0 Å². The normalized spacial score (nSPS) is 11.5. The molecule has 0 unspecified atom stereocenters. The topological polar surface area (TPSA) is 37.3 Å². The third-order valence-electron chi connectivity index (χ3n) is 3.27. The first-order valence-corrected chi connectivity index (χ1v) is 5.09. The van der Waals surface area contributed by atoms with Gasteiger partial charge in [0.15, 0.2) is 0 Å². The maximum absolute atomic E-state index is 11.2. The number of hydrogen-bond donors (Lipinski definition) is 1. The molecule has 2 heteroatoms. The Morgan fingerprint density at radius 1 is 1.13 bits per heavy atom. The van der Waals surface area contributed by atoms with Crippen LogP contribution in [-0.2, 0) is 10.2 Å². The maximum atomic E-state index is 11.2. The highest BCUT2D eigenvalue weighted by Crippen LogP contribution is 2.29. The maximum Gasteiger partial charge on any atom is 0.313 e. The largest absolute Gasteiger partial charge is 0.481 e. The van der Waals surface area contributed by atoms with Gasteiger partial charge in [-0.1, -0.05) is 12.1 Å². The lowest BCUT2D eigenvalue weighted by Gasteiger charge is -2.23. The average Bonchev–Trinajstić information content (AvgIpc) is 2.13. The summed E-state index contributed by atoms with van der Waals surface area (Å²) in [6.45, 7) is 9.55. The van der Waals surface area contributed by atoms with Gasteiger partial charge in [0.25, 0.3) is 0 Å². The number of aryl methyl sites for hydroxylation is 1. The molecule has 0 radical (unpaired) electrons. The van der Waals surface area contributed by atoms with Crippen molar-refractivity contribution in [1.82, 2.24) is 0 Å². The van der Waals surface area contributed by atoms with Gasteiger partial charge in [-0.25, -0.2) is 0 Å². The van der Waals surface area contributed by atoms with Gasteiger partial charge < -0.3 is 5.11 Å². The van der Waals surface area contributed by atoms with Gasteiger partial charge in [0, 0.05) is 0 Å². The van der Waals surface area contributed by atoms with Crippen molar-refractivity contribution in [2.45, 2.75) is 40.0 Å². The van der Waals surface area contributed by atoms with Crippen LogP contribution >= 0.6 is 0 Å². The fourth-order valence-electron chi connectivity index (χ4n) is 1.75. The van der Waals surface area contributed by atoms with Crippen LogP contribution in [0.2, 0.25) is 0 Å². The lowest BCUT2D eigenvalue weighted by Crippen LogP contribution is -2.29. The van der Waals surface area contributed by atoms with Gasteiger partial charge in [0.05, 0.1) is 5.41 Å². The van der Waals surface area contributed by atoms with Crippen molar-refractivity contribution in [3.63, 3.8) is 0 Å². The van der Waals surface area contributed by atoms with Gasteiger partial charge in [-0.05, 0) is 56.9 Å². The van der Waals surface area contributed by atoms with E-state index < -0.39 is 11.4 Å². The molecule has 0 bridgehead atoms. The van der Waals surface area contributed by atoms with Gasteiger partial charge >= 0.3 is 5.97 Å². The molecule has 0 fully saturated rings. The van der Waals surface area contributed by atoms with Gasteiger partial charge in [0.2, 0.25) is 0 Å². The number of carboxylic acids is 1. The summed E-state index contributed by atoms with van der Waals surface area (Å²) in [6, 6.07) is 3.91. The highest BCUT2D eigenvalue weighted by molar-refractivity contribution is 5.81. The van der Waals surface area contributed by atoms with Gasteiger partial charge in [-0.15, -0.1) is 0 Å². The highest BCUT2D eigenvalue weighted by Gasteiger charge is 2.31. The number of carboxylic acid groups (broad SMARTS) is 1. The molecule has 0 aliphatic carbocycles. The van der Waals surface area contributed by atoms with Gasteiger partial charge in [-0.2, -0.15) is 0 Å². The molecule has 0 atom stereocenters. The van der Waals surface area contributed by atoms with E-state index in [1.54, 1.807) is 13.8 Å². The third kappa shape index (κ3) is 1.89. The van der Waals surface area contributed by atoms with E-state index >= 15 is 0 Å². The molecule has 0 aliphatic rings. The second-order valence-electron chi connectivity index (χ2n) is 4.61. The molecule has 1 rings (SSSR count). The predicted molar refractivity (Wildman–Crippen MR) is 61.3 cm³/mol. The van der Waals surface area contributed by atoms with E-state index in [1.807, 2.05) is 32.9 Å². The number of carbonyl (C=O) groups is 1. The van der Waals surface area contributed by atoms with Crippen molar-refractivity contribution in [1.29, 1.82) is 0 Å². The second-order valence-corrected chi connectivity index (χ2v) is 4.61. The zero-order valence-electron chi connectivity index (χ0n) is 10.0. The quantitative estimate of drug-likeness (QED) is 0.807. The Balaban J connectivity index is 3.40. The van der Waals surface area contributed by atoms with Crippen LogP contribution in [-0.4, -0.2) is 11.1 Å². The van der Waals surface area contributed by atoms with E-state index in [4.69, 9.17) is 0 Å². The van der Waals surface area contributed by atoms with Crippen LogP contribution in [0.25, 0.3) is 0 Å². The van der Waals surface area contributed by atoms with Crippen LogP contribution in [0.1, 0.15) is 36.1 Å². The predicted octanol–water partition coefficient (Wildman–Crippen LogP) is 2.97. The van der Waals surface area contributed by atoms with Crippen molar-refractivity contribution in [3.8, 4) is 0 Å². The number of aliphatic carboxylic acids is 1. The number of benzene rings is 1. The van der Waals surface area contributed by atoms with E-state index in [9.17, 15) is 9.90 Å². The van der Waals surface area contributed by atoms with E-state index in [-0.39, 0.29) is 0 Å². The average molecular weight is 206 g/mol. The summed E-state index contributed by atoms with van der Waals surface area (Å²) in [7, 11) is 0. The fraction of sp³-hybridized carbons (Fsp3) is 0.462. The van der Waals surface area contributed by atoms with E-state index in [2.05, 4.69) is 0 Å². The van der Waals surface area contributed by atoms with Crippen molar-refractivity contribution in [2.75, 3.05) is 0 Å². The van der Waals surface area contributed by atoms with Crippen LogP contribution in [0.4, 0.5) is 0 Å². The minimum absolute atomic E-state index is 0.783. The fourth-order valence-corrected chi connectivity index (χ4v) is 1.75. The van der Waals surface area contributed by atoms with Crippen LogP contribution in [0.15, 0.2) is 12.1 Å². The van der Waals surface area contributed by atoms with Crippen molar-refractivity contribution < 1.29 is 9.90 Å². The summed E-state index contributed by atoms with van der Waals surface area (Å²) >= 11 is 0. The van der Waals surface area contributed by atoms with Crippen LogP contribution in [0.5, 0.6) is 0 Å². The minimum atomic E-state index is -0.817. The molecule has 15 heavy (non-hydrogen) atoms. The molecule has 1 aromatic rings. The summed E-state index contributed by atoms with van der Waals surface area (Å²) in [5.74, 6) is -0.783. The van der Waals surface area contributed by atoms with Crippen molar-refractivity contribution in [2.24, 2.45) is 0 Å². The number of hydrogen-bond acceptors (Lipinski definition) is 1. The Morgan fingerprint density at radius 2 is 1.67 bits per heavy atom. The molecular formula is C13H18O2. The SMILES string of the molecule is Cc1ccc(C(C)(C)C(=O)O)c(C)c1C. The van der Waals surface area contributed by atoms with Gasteiger partial charge in [0.1, 0.15) is 0 Å². The molecule has 0 saturated heterocycles.